The second-order valence-corrected chi connectivity index (χ2v) is 6.23. The number of hydrogen-bond acceptors (Lipinski definition) is 5. The maximum absolute atomic E-state index is 13.6. The molecule has 2 heterocycles. The fourth-order valence-electron chi connectivity index (χ4n) is 3.14. The summed E-state index contributed by atoms with van der Waals surface area (Å²) in [4.78, 5) is 30.6. The van der Waals surface area contributed by atoms with Crippen molar-refractivity contribution in [1.82, 2.24) is 9.88 Å². The van der Waals surface area contributed by atoms with E-state index in [1.165, 1.54) is 30.2 Å². The first-order valence-corrected chi connectivity index (χ1v) is 8.39. The number of halogens is 1. The smallest absolute Gasteiger partial charge is 0.295 e. The van der Waals surface area contributed by atoms with Gasteiger partial charge in [-0.15, -0.1) is 0 Å². The second kappa shape index (κ2) is 7.67. The molecule has 7 heteroatoms. The minimum atomic E-state index is -0.785. The molecule has 0 saturated carbocycles. The fourth-order valence-corrected chi connectivity index (χ4v) is 3.14. The van der Waals surface area contributed by atoms with Crippen LogP contribution in [0.4, 0.5) is 4.39 Å². The van der Waals surface area contributed by atoms with Gasteiger partial charge in [0.25, 0.3) is 11.7 Å². The van der Waals surface area contributed by atoms with Crippen molar-refractivity contribution in [1.29, 1.82) is 0 Å². The molecule has 1 N–H and O–H groups in total. The van der Waals surface area contributed by atoms with Crippen molar-refractivity contribution in [2.24, 2.45) is 0 Å². The minimum Gasteiger partial charge on any atom is -0.507 e. The molecule has 1 aromatic heterocycles. The Morgan fingerprint density at radius 2 is 1.96 bits per heavy atom. The van der Waals surface area contributed by atoms with Crippen molar-refractivity contribution < 1.29 is 23.8 Å². The minimum absolute atomic E-state index is 0.0340. The first kappa shape index (κ1) is 18.7. The fraction of sp³-hybridized carbons (Fsp3) is 0.250. The Hall–Kier alpha value is -3.06. The number of ketones is 1. The van der Waals surface area contributed by atoms with Crippen LogP contribution in [0.25, 0.3) is 5.76 Å². The molecule has 1 atom stereocenters. The highest BCUT2D eigenvalue weighted by Crippen LogP contribution is 2.39. The van der Waals surface area contributed by atoms with Crippen LogP contribution in [0.5, 0.6) is 0 Å². The maximum atomic E-state index is 13.6. The van der Waals surface area contributed by atoms with Crippen molar-refractivity contribution in [2.75, 3.05) is 20.3 Å². The molecule has 0 spiro atoms. The van der Waals surface area contributed by atoms with Gasteiger partial charge in [0.1, 0.15) is 11.6 Å². The highest BCUT2D eigenvalue weighted by molar-refractivity contribution is 6.46. The lowest BCUT2D eigenvalue weighted by Gasteiger charge is -2.24. The number of ether oxygens (including phenoxy) is 1. The van der Waals surface area contributed by atoms with E-state index in [0.717, 1.165) is 0 Å². The van der Waals surface area contributed by atoms with Gasteiger partial charge < -0.3 is 14.7 Å². The maximum Gasteiger partial charge on any atom is 0.295 e. The van der Waals surface area contributed by atoms with E-state index in [2.05, 4.69) is 4.98 Å². The lowest BCUT2D eigenvalue weighted by molar-refractivity contribution is -0.140. The van der Waals surface area contributed by atoms with Gasteiger partial charge in [-0.2, -0.15) is 0 Å². The van der Waals surface area contributed by atoms with Crippen LogP contribution in [-0.2, 0) is 14.3 Å². The number of aryl methyl sites for hydroxylation is 1. The largest absolute Gasteiger partial charge is 0.507 e. The predicted molar refractivity (Wildman–Crippen MR) is 96.3 cm³/mol. The average molecular weight is 370 g/mol. The molecular formula is C20H19FN2O4. The number of hydrogen-bond donors (Lipinski definition) is 1. The first-order valence-electron chi connectivity index (χ1n) is 8.39. The van der Waals surface area contributed by atoms with Gasteiger partial charge in [-0.05, 0) is 48.4 Å². The number of rotatable bonds is 5. The number of methoxy groups -OCH3 is 1. The van der Waals surface area contributed by atoms with E-state index in [1.807, 2.05) is 0 Å². The average Bonchev–Trinajstić information content (AvgIpc) is 2.93. The van der Waals surface area contributed by atoms with Gasteiger partial charge >= 0.3 is 0 Å². The first-order chi connectivity index (χ1) is 13.0. The van der Waals surface area contributed by atoms with Gasteiger partial charge in [0, 0.05) is 31.6 Å². The van der Waals surface area contributed by atoms with Gasteiger partial charge in [0.2, 0.25) is 0 Å². The Morgan fingerprint density at radius 3 is 2.59 bits per heavy atom. The summed E-state index contributed by atoms with van der Waals surface area (Å²) in [5.74, 6) is -2.25. The van der Waals surface area contributed by atoms with E-state index < -0.39 is 23.5 Å². The summed E-state index contributed by atoms with van der Waals surface area (Å²) in [6, 6.07) is 6.63. The molecule has 1 unspecified atom stereocenters. The van der Waals surface area contributed by atoms with E-state index >= 15 is 0 Å². The number of amides is 1. The molecule has 1 aliphatic rings. The molecule has 1 fully saturated rings. The molecule has 6 nitrogen and oxygen atoms in total. The summed E-state index contributed by atoms with van der Waals surface area (Å²) in [5, 5.41) is 10.8. The molecule has 3 rings (SSSR count). The lowest BCUT2D eigenvalue weighted by atomic mass is 9.95. The third-order valence-electron chi connectivity index (χ3n) is 4.53. The van der Waals surface area contributed by atoms with Crippen LogP contribution in [0, 0.1) is 12.7 Å². The number of aliphatic hydroxyl groups is 1. The summed E-state index contributed by atoms with van der Waals surface area (Å²) >= 11 is 0. The summed E-state index contributed by atoms with van der Waals surface area (Å²) in [6.07, 6.45) is 3.10. The standard InChI is InChI=1S/C20H19FN2O4/c1-12-11-14(3-4-15(12)21)18(24)16-17(13-5-7-22-8-6-13)23(9-10-27-2)20(26)19(16)25/h3-8,11,17,24H,9-10H2,1-2H3/b18-16-. The Kier molecular flexibility index (Phi) is 5.32. The molecule has 27 heavy (non-hydrogen) atoms. The SMILES string of the molecule is COCCN1C(=O)C(=O)/C(=C(\O)c2ccc(F)c(C)c2)C1c1ccncc1. The summed E-state index contributed by atoms with van der Waals surface area (Å²) in [7, 11) is 1.50. The van der Waals surface area contributed by atoms with Crippen LogP contribution < -0.4 is 0 Å². The number of Topliss-reactive ketones (excluding diaryl/α,β-unsaturated/α-hetero) is 1. The summed E-state index contributed by atoms with van der Waals surface area (Å²) in [6.45, 7) is 1.99. The van der Waals surface area contributed by atoms with Gasteiger partial charge in [-0.1, -0.05) is 0 Å². The molecule has 1 aliphatic heterocycles. The molecule has 1 amide bonds. The molecule has 140 valence electrons. The number of aliphatic hydroxyl groups excluding tert-OH is 1. The van der Waals surface area contributed by atoms with Crippen molar-refractivity contribution in [3.05, 3.63) is 70.8 Å². The molecule has 1 saturated heterocycles. The number of carbonyl (C=O) groups is 2. The van der Waals surface area contributed by atoms with Crippen LogP contribution in [0.15, 0.2) is 48.3 Å². The number of pyridine rings is 1. The quantitative estimate of drug-likeness (QED) is 0.497. The number of aromatic nitrogens is 1. The van der Waals surface area contributed by atoms with Crippen LogP contribution >= 0.6 is 0 Å². The van der Waals surface area contributed by atoms with E-state index in [-0.39, 0.29) is 30.0 Å². The van der Waals surface area contributed by atoms with Gasteiger partial charge in [-0.25, -0.2) is 4.39 Å². The van der Waals surface area contributed by atoms with Crippen molar-refractivity contribution in [3.8, 4) is 0 Å². The predicted octanol–water partition coefficient (Wildman–Crippen LogP) is 2.60. The Bertz CT molecular complexity index is 911. The van der Waals surface area contributed by atoms with Gasteiger partial charge in [-0.3, -0.25) is 14.6 Å². The summed E-state index contributed by atoms with van der Waals surface area (Å²) < 4.78 is 18.6. The van der Waals surface area contributed by atoms with Gasteiger partial charge in [0.05, 0.1) is 18.2 Å². The van der Waals surface area contributed by atoms with E-state index in [1.54, 1.807) is 31.5 Å². The van der Waals surface area contributed by atoms with Crippen molar-refractivity contribution >= 4 is 17.4 Å². The second-order valence-electron chi connectivity index (χ2n) is 6.23. The monoisotopic (exact) mass is 370 g/mol. The van der Waals surface area contributed by atoms with Crippen molar-refractivity contribution in [3.63, 3.8) is 0 Å². The number of likely N-dealkylation sites (tertiary alicyclic amines) is 1. The van der Waals surface area contributed by atoms with E-state index in [0.29, 0.717) is 11.1 Å². The zero-order chi connectivity index (χ0) is 19.6. The zero-order valence-corrected chi connectivity index (χ0v) is 15.0. The van der Waals surface area contributed by atoms with Crippen LogP contribution in [-0.4, -0.2) is 46.9 Å². The molecule has 1 aromatic carbocycles. The Balaban J connectivity index is 2.16. The normalized spacial score (nSPS) is 18.9. The molecule has 0 radical (unpaired) electrons. The number of carbonyl (C=O) groups excluding carboxylic acids is 2. The third-order valence-corrected chi connectivity index (χ3v) is 4.53. The summed E-state index contributed by atoms with van der Waals surface area (Å²) in [5.41, 5.74) is 1.21. The number of benzene rings is 1. The van der Waals surface area contributed by atoms with E-state index in [9.17, 15) is 19.1 Å². The van der Waals surface area contributed by atoms with Crippen LogP contribution in [0.1, 0.15) is 22.7 Å². The molecular weight excluding hydrogens is 351 g/mol. The van der Waals surface area contributed by atoms with Crippen LogP contribution in [0.3, 0.4) is 0 Å². The van der Waals surface area contributed by atoms with Gasteiger partial charge in [0.15, 0.2) is 0 Å². The topological polar surface area (TPSA) is 79.7 Å². The zero-order valence-electron chi connectivity index (χ0n) is 15.0. The molecule has 2 aromatic rings. The van der Waals surface area contributed by atoms with Crippen LogP contribution in [0.2, 0.25) is 0 Å². The molecule has 0 bridgehead atoms. The Morgan fingerprint density at radius 1 is 1.26 bits per heavy atom. The lowest BCUT2D eigenvalue weighted by Crippen LogP contribution is -2.32. The molecule has 0 aliphatic carbocycles. The number of nitrogens with zero attached hydrogens (tertiary/aromatic N) is 2. The Labute approximate surface area is 155 Å². The van der Waals surface area contributed by atoms with Crippen molar-refractivity contribution in [2.45, 2.75) is 13.0 Å². The third kappa shape index (κ3) is 3.46. The highest BCUT2D eigenvalue weighted by atomic mass is 19.1. The highest BCUT2D eigenvalue weighted by Gasteiger charge is 2.45. The van der Waals surface area contributed by atoms with E-state index in [4.69, 9.17) is 4.74 Å².